The summed E-state index contributed by atoms with van der Waals surface area (Å²) in [5, 5.41) is 2.32. The van der Waals surface area contributed by atoms with Gasteiger partial charge in [-0.15, -0.1) is 0 Å². The molecule has 0 saturated carbocycles. The molecule has 0 saturated heterocycles. The Kier molecular flexibility index (Phi) is 3.12. The lowest BCUT2D eigenvalue weighted by molar-refractivity contribution is 1.01. The predicted octanol–water partition coefficient (Wildman–Crippen LogP) is 3.25. The molecule has 1 heterocycles. The van der Waals surface area contributed by atoms with Crippen molar-refractivity contribution in [1.82, 2.24) is 4.98 Å². The van der Waals surface area contributed by atoms with Crippen molar-refractivity contribution in [2.45, 2.75) is 13.5 Å². The molecule has 0 spiro atoms. The van der Waals surface area contributed by atoms with Crippen LogP contribution in [0.1, 0.15) is 11.3 Å². The summed E-state index contributed by atoms with van der Waals surface area (Å²) in [7, 11) is 0. The Morgan fingerprint density at radius 3 is 2.65 bits per heavy atom. The summed E-state index contributed by atoms with van der Waals surface area (Å²) in [5.74, 6) is 0. The summed E-state index contributed by atoms with van der Waals surface area (Å²) in [6.07, 6.45) is 1.89. The molecule has 3 aromatic rings. The van der Waals surface area contributed by atoms with Crippen LogP contribution in [0.3, 0.4) is 0 Å². The van der Waals surface area contributed by atoms with Crippen LogP contribution in [-0.4, -0.2) is 4.98 Å². The Morgan fingerprint density at radius 1 is 1.10 bits per heavy atom. The van der Waals surface area contributed by atoms with Gasteiger partial charge in [0.1, 0.15) is 0 Å². The predicted molar refractivity (Wildman–Crippen MR) is 84.2 cm³/mol. The standard InChI is InChI=1S/C17H17N3/c1-11-4-2-7-14-15(10-20-16(9-18)17(11)14)12-5-3-6-13(19)8-12/h2-8,10H,9,18-19H2,1H3. The molecule has 0 aliphatic carbocycles. The number of hydrogen-bond acceptors (Lipinski definition) is 3. The first-order valence-electron chi connectivity index (χ1n) is 6.64. The van der Waals surface area contributed by atoms with Crippen LogP contribution >= 0.6 is 0 Å². The molecular weight excluding hydrogens is 246 g/mol. The van der Waals surface area contributed by atoms with Crippen LogP contribution in [0.2, 0.25) is 0 Å². The highest BCUT2D eigenvalue weighted by molar-refractivity contribution is 5.99. The second kappa shape index (κ2) is 4.94. The fourth-order valence-electron chi connectivity index (χ4n) is 2.64. The number of fused-ring (bicyclic) bond motifs is 1. The van der Waals surface area contributed by atoms with Crippen molar-refractivity contribution >= 4 is 16.5 Å². The van der Waals surface area contributed by atoms with Gasteiger partial charge < -0.3 is 11.5 Å². The Balaban J connectivity index is 2.36. The largest absolute Gasteiger partial charge is 0.399 e. The van der Waals surface area contributed by atoms with Gasteiger partial charge in [-0.25, -0.2) is 0 Å². The number of rotatable bonds is 2. The normalized spacial score (nSPS) is 10.9. The van der Waals surface area contributed by atoms with Crippen LogP contribution in [0.15, 0.2) is 48.7 Å². The van der Waals surface area contributed by atoms with Crippen molar-refractivity contribution in [3.63, 3.8) is 0 Å². The molecule has 3 rings (SSSR count). The fraction of sp³-hybridized carbons (Fsp3) is 0.118. The molecule has 0 unspecified atom stereocenters. The third-order valence-electron chi connectivity index (χ3n) is 3.59. The van der Waals surface area contributed by atoms with E-state index in [2.05, 4.69) is 36.2 Å². The van der Waals surface area contributed by atoms with Crippen molar-refractivity contribution in [2.24, 2.45) is 5.73 Å². The number of nitrogens with two attached hydrogens (primary N) is 2. The van der Waals surface area contributed by atoms with Crippen LogP contribution in [-0.2, 0) is 6.54 Å². The molecule has 3 nitrogen and oxygen atoms in total. The van der Waals surface area contributed by atoms with Crippen LogP contribution in [0.5, 0.6) is 0 Å². The summed E-state index contributed by atoms with van der Waals surface area (Å²) in [4.78, 5) is 4.53. The van der Waals surface area contributed by atoms with Gasteiger partial charge in [-0.1, -0.05) is 30.3 Å². The van der Waals surface area contributed by atoms with E-state index in [1.165, 1.54) is 10.9 Å². The summed E-state index contributed by atoms with van der Waals surface area (Å²) < 4.78 is 0. The maximum Gasteiger partial charge on any atom is 0.0620 e. The van der Waals surface area contributed by atoms with E-state index in [1.807, 2.05) is 24.4 Å². The van der Waals surface area contributed by atoms with Crippen LogP contribution in [0.25, 0.3) is 21.9 Å². The average molecular weight is 263 g/mol. The lowest BCUT2D eigenvalue weighted by Crippen LogP contribution is -2.02. The van der Waals surface area contributed by atoms with Crippen molar-refractivity contribution in [2.75, 3.05) is 5.73 Å². The highest BCUT2D eigenvalue weighted by Gasteiger charge is 2.10. The Labute approximate surface area is 118 Å². The van der Waals surface area contributed by atoms with E-state index in [0.29, 0.717) is 6.54 Å². The second-order valence-electron chi connectivity index (χ2n) is 4.95. The fourth-order valence-corrected chi connectivity index (χ4v) is 2.64. The van der Waals surface area contributed by atoms with Crippen molar-refractivity contribution in [1.29, 1.82) is 0 Å². The Hall–Kier alpha value is -2.39. The highest BCUT2D eigenvalue weighted by Crippen LogP contribution is 2.31. The molecule has 3 heteroatoms. The van der Waals surface area contributed by atoms with E-state index in [0.717, 1.165) is 27.9 Å². The first kappa shape index (κ1) is 12.6. The van der Waals surface area contributed by atoms with Gasteiger partial charge in [-0.2, -0.15) is 0 Å². The number of aromatic nitrogens is 1. The van der Waals surface area contributed by atoms with E-state index in [1.54, 1.807) is 0 Å². The quantitative estimate of drug-likeness (QED) is 0.697. The molecule has 0 amide bonds. The minimum absolute atomic E-state index is 0.443. The number of benzene rings is 2. The number of nitrogen functional groups attached to an aromatic ring is 1. The van der Waals surface area contributed by atoms with Crippen LogP contribution in [0, 0.1) is 6.92 Å². The van der Waals surface area contributed by atoms with E-state index < -0.39 is 0 Å². The molecule has 0 fully saturated rings. The summed E-state index contributed by atoms with van der Waals surface area (Å²) in [5.41, 5.74) is 16.8. The monoisotopic (exact) mass is 263 g/mol. The molecular formula is C17H17N3. The molecule has 0 aliphatic rings. The number of nitrogens with zero attached hydrogens (tertiary/aromatic N) is 1. The summed E-state index contributed by atoms with van der Waals surface area (Å²) in [6, 6.07) is 14.1. The van der Waals surface area contributed by atoms with Gasteiger partial charge in [0.15, 0.2) is 0 Å². The van der Waals surface area contributed by atoms with Crippen molar-refractivity contribution in [3.8, 4) is 11.1 Å². The Bertz CT molecular complexity index is 778. The van der Waals surface area contributed by atoms with Gasteiger partial charge >= 0.3 is 0 Å². The van der Waals surface area contributed by atoms with E-state index in [4.69, 9.17) is 11.5 Å². The lowest BCUT2D eigenvalue weighted by Gasteiger charge is -2.12. The molecule has 20 heavy (non-hydrogen) atoms. The zero-order valence-corrected chi connectivity index (χ0v) is 11.4. The van der Waals surface area contributed by atoms with Crippen molar-refractivity contribution < 1.29 is 0 Å². The maximum absolute atomic E-state index is 5.89. The topological polar surface area (TPSA) is 64.9 Å². The third kappa shape index (κ3) is 2.02. The number of anilines is 1. The zero-order chi connectivity index (χ0) is 14.1. The SMILES string of the molecule is Cc1cccc2c(-c3cccc(N)c3)cnc(CN)c12. The first-order chi connectivity index (χ1) is 9.70. The molecule has 0 aliphatic heterocycles. The van der Waals surface area contributed by atoms with E-state index >= 15 is 0 Å². The second-order valence-corrected chi connectivity index (χ2v) is 4.95. The lowest BCUT2D eigenvalue weighted by atomic mass is 9.96. The average Bonchev–Trinajstić information content (AvgIpc) is 2.46. The van der Waals surface area contributed by atoms with Gasteiger partial charge in [-0.3, -0.25) is 4.98 Å². The van der Waals surface area contributed by atoms with Gasteiger partial charge in [-0.05, 0) is 35.6 Å². The molecule has 2 aromatic carbocycles. The summed E-state index contributed by atoms with van der Waals surface area (Å²) >= 11 is 0. The number of aryl methyl sites for hydroxylation is 1. The Morgan fingerprint density at radius 2 is 1.90 bits per heavy atom. The highest BCUT2D eigenvalue weighted by atomic mass is 14.7. The maximum atomic E-state index is 5.89. The molecule has 100 valence electrons. The zero-order valence-electron chi connectivity index (χ0n) is 11.4. The minimum Gasteiger partial charge on any atom is -0.399 e. The smallest absolute Gasteiger partial charge is 0.0620 e. The van der Waals surface area contributed by atoms with E-state index in [-0.39, 0.29) is 0 Å². The van der Waals surface area contributed by atoms with Crippen molar-refractivity contribution in [3.05, 3.63) is 59.9 Å². The number of hydrogen-bond donors (Lipinski definition) is 2. The van der Waals surface area contributed by atoms with Gasteiger partial charge in [0.05, 0.1) is 5.69 Å². The van der Waals surface area contributed by atoms with Gasteiger partial charge in [0.25, 0.3) is 0 Å². The van der Waals surface area contributed by atoms with Gasteiger partial charge in [0, 0.05) is 29.4 Å². The summed E-state index contributed by atoms with van der Waals surface area (Å²) in [6.45, 7) is 2.53. The molecule has 0 atom stereocenters. The van der Waals surface area contributed by atoms with Crippen LogP contribution in [0.4, 0.5) is 5.69 Å². The van der Waals surface area contributed by atoms with Gasteiger partial charge in [0.2, 0.25) is 0 Å². The number of pyridine rings is 1. The first-order valence-corrected chi connectivity index (χ1v) is 6.64. The molecule has 0 radical (unpaired) electrons. The van der Waals surface area contributed by atoms with E-state index in [9.17, 15) is 0 Å². The third-order valence-corrected chi connectivity index (χ3v) is 3.59. The molecule has 1 aromatic heterocycles. The molecule has 4 N–H and O–H groups in total. The van der Waals surface area contributed by atoms with Crippen LogP contribution < -0.4 is 11.5 Å². The minimum atomic E-state index is 0.443. The molecule has 0 bridgehead atoms.